The summed E-state index contributed by atoms with van der Waals surface area (Å²) in [6.45, 7) is 2.72. The Hall–Kier alpha value is -4.11. The van der Waals surface area contributed by atoms with E-state index in [0.29, 0.717) is 44.2 Å². The molecule has 0 atom stereocenters. The molecule has 8 nitrogen and oxygen atoms in total. The van der Waals surface area contributed by atoms with Crippen molar-refractivity contribution in [2.75, 3.05) is 36.4 Å². The highest BCUT2D eigenvalue weighted by Crippen LogP contribution is 2.22. The molecule has 2 aromatic carbocycles. The van der Waals surface area contributed by atoms with Gasteiger partial charge in [0, 0.05) is 50.3 Å². The van der Waals surface area contributed by atoms with E-state index in [4.69, 9.17) is 0 Å². The van der Waals surface area contributed by atoms with E-state index in [9.17, 15) is 9.59 Å². The van der Waals surface area contributed by atoms with Gasteiger partial charge >= 0.3 is 0 Å². The normalized spacial score (nSPS) is 13.9. The summed E-state index contributed by atoms with van der Waals surface area (Å²) >= 11 is 1.54. The molecular weight excluding hydrogens is 460 g/mol. The fourth-order valence-corrected chi connectivity index (χ4v) is 4.77. The number of aromatic nitrogens is 3. The number of hydrogen-bond donors (Lipinski definition) is 1. The van der Waals surface area contributed by atoms with Crippen LogP contribution in [0.5, 0.6) is 0 Å². The van der Waals surface area contributed by atoms with Gasteiger partial charge in [0.2, 0.25) is 17.8 Å². The monoisotopic (exact) mass is 484 g/mol. The number of rotatable bonds is 6. The number of hydrogen-bond acceptors (Lipinski definition) is 7. The number of nitrogens with zero attached hydrogens (tertiary/aromatic N) is 5. The molecule has 0 radical (unpaired) electrons. The standard InChI is InChI=1S/C26H24N6O2S/c33-23(10-11-24-30-21-4-1-2-5-22(21)35-24)29-20-8-6-19(7-9-20)18-25(34)31-14-16-32(17-15-31)26-27-12-3-13-28-26/h1-13H,14-18H2,(H,29,33)/b11-10+. The van der Waals surface area contributed by atoms with E-state index in [-0.39, 0.29) is 11.8 Å². The van der Waals surface area contributed by atoms with Gasteiger partial charge in [-0.1, -0.05) is 24.3 Å². The summed E-state index contributed by atoms with van der Waals surface area (Å²) in [5.74, 6) is 0.565. The zero-order valence-electron chi connectivity index (χ0n) is 19.0. The Morgan fingerprint density at radius 1 is 0.943 bits per heavy atom. The van der Waals surface area contributed by atoms with Gasteiger partial charge in [-0.3, -0.25) is 9.59 Å². The largest absolute Gasteiger partial charge is 0.339 e. The molecule has 5 rings (SSSR count). The number of piperazine rings is 1. The first-order chi connectivity index (χ1) is 17.1. The van der Waals surface area contributed by atoms with E-state index in [2.05, 4.69) is 25.2 Å². The van der Waals surface area contributed by atoms with E-state index in [1.807, 2.05) is 53.4 Å². The van der Waals surface area contributed by atoms with Crippen molar-refractivity contribution in [1.82, 2.24) is 19.9 Å². The van der Waals surface area contributed by atoms with E-state index < -0.39 is 0 Å². The number of fused-ring (bicyclic) bond motifs is 1. The van der Waals surface area contributed by atoms with Crippen LogP contribution in [0.2, 0.25) is 0 Å². The van der Waals surface area contributed by atoms with Gasteiger partial charge in [0.25, 0.3) is 0 Å². The van der Waals surface area contributed by atoms with Crippen molar-refractivity contribution in [3.05, 3.63) is 83.6 Å². The van der Waals surface area contributed by atoms with Crippen LogP contribution in [0.1, 0.15) is 10.6 Å². The van der Waals surface area contributed by atoms with Gasteiger partial charge in [-0.2, -0.15) is 0 Å². The molecule has 0 aliphatic carbocycles. The van der Waals surface area contributed by atoms with Crippen molar-refractivity contribution in [2.45, 2.75) is 6.42 Å². The second-order valence-electron chi connectivity index (χ2n) is 8.13. The highest BCUT2D eigenvalue weighted by atomic mass is 32.1. The number of amides is 2. The first kappa shape index (κ1) is 22.7. The van der Waals surface area contributed by atoms with Gasteiger partial charge < -0.3 is 15.1 Å². The van der Waals surface area contributed by atoms with Gasteiger partial charge in [0.1, 0.15) is 5.01 Å². The van der Waals surface area contributed by atoms with Crippen molar-refractivity contribution < 1.29 is 9.59 Å². The van der Waals surface area contributed by atoms with Gasteiger partial charge in [0.05, 0.1) is 16.6 Å². The van der Waals surface area contributed by atoms with Crippen LogP contribution in [-0.4, -0.2) is 57.8 Å². The highest BCUT2D eigenvalue weighted by molar-refractivity contribution is 7.19. The van der Waals surface area contributed by atoms with Gasteiger partial charge in [-0.05, 0) is 42.0 Å². The van der Waals surface area contributed by atoms with Crippen molar-refractivity contribution in [1.29, 1.82) is 0 Å². The Bertz CT molecular complexity index is 1310. The molecule has 176 valence electrons. The number of benzene rings is 2. The Morgan fingerprint density at radius 2 is 1.69 bits per heavy atom. The van der Waals surface area contributed by atoms with Gasteiger partial charge in [-0.15, -0.1) is 11.3 Å². The van der Waals surface area contributed by atoms with Crippen LogP contribution in [0.3, 0.4) is 0 Å². The van der Waals surface area contributed by atoms with Crippen molar-refractivity contribution in [3.63, 3.8) is 0 Å². The molecule has 35 heavy (non-hydrogen) atoms. The predicted octanol–water partition coefficient (Wildman–Crippen LogP) is 3.63. The molecule has 0 bridgehead atoms. The topological polar surface area (TPSA) is 91.3 Å². The second-order valence-corrected chi connectivity index (χ2v) is 9.19. The summed E-state index contributed by atoms with van der Waals surface area (Å²) in [5, 5.41) is 3.63. The molecule has 0 saturated carbocycles. The third-order valence-electron chi connectivity index (χ3n) is 5.73. The molecule has 1 saturated heterocycles. The zero-order chi connectivity index (χ0) is 24.0. The lowest BCUT2D eigenvalue weighted by Crippen LogP contribution is -2.49. The lowest BCUT2D eigenvalue weighted by atomic mass is 10.1. The fourth-order valence-electron chi connectivity index (χ4n) is 3.89. The summed E-state index contributed by atoms with van der Waals surface area (Å²) in [5.41, 5.74) is 2.51. The maximum atomic E-state index is 12.8. The minimum atomic E-state index is -0.228. The first-order valence-corrected chi connectivity index (χ1v) is 12.2. The lowest BCUT2D eigenvalue weighted by Gasteiger charge is -2.34. The van der Waals surface area contributed by atoms with Gasteiger partial charge in [0.15, 0.2) is 0 Å². The van der Waals surface area contributed by atoms with E-state index in [1.54, 1.807) is 35.9 Å². The number of carbonyl (C=O) groups is 2. The Balaban J connectivity index is 1.10. The number of nitrogens with one attached hydrogen (secondary N) is 1. The Labute approximate surface area is 207 Å². The van der Waals surface area contributed by atoms with Crippen LogP contribution in [0, 0.1) is 0 Å². The maximum Gasteiger partial charge on any atom is 0.248 e. The van der Waals surface area contributed by atoms with Gasteiger partial charge in [-0.25, -0.2) is 15.0 Å². The highest BCUT2D eigenvalue weighted by Gasteiger charge is 2.22. The van der Waals surface area contributed by atoms with Crippen molar-refractivity contribution in [3.8, 4) is 0 Å². The van der Waals surface area contributed by atoms with Crippen molar-refractivity contribution >= 4 is 51.1 Å². The molecule has 1 fully saturated rings. The Kier molecular flexibility index (Phi) is 6.76. The number of carbonyl (C=O) groups excluding carboxylic acids is 2. The van der Waals surface area contributed by atoms with Crippen LogP contribution >= 0.6 is 11.3 Å². The second kappa shape index (κ2) is 10.4. The summed E-state index contributed by atoms with van der Waals surface area (Å²) in [7, 11) is 0. The van der Waals surface area contributed by atoms with Crippen molar-refractivity contribution in [2.24, 2.45) is 0 Å². The Morgan fingerprint density at radius 3 is 2.43 bits per heavy atom. The summed E-state index contributed by atoms with van der Waals surface area (Å²) in [6.07, 6.45) is 6.98. The molecule has 2 amide bonds. The third kappa shape index (κ3) is 5.70. The first-order valence-electron chi connectivity index (χ1n) is 11.4. The predicted molar refractivity (Wildman–Crippen MR) is 138 cm³/mol. The molecule has 3 heterocycles. The van der Waals surface area contributed by atoms with E-state index in [1.165, 1.54) is 6.08 Å². The number of anilines is 2. The smallest absolute Gasteiger partial charge is 0.248 e. The van der Waals surface area contributed by atoms with E-state index >= 15 is 0 Å². The maximum absolute atomic E-state index is 12.8. The zero-order valence-corrected chi connectivity index (χ0v) is 19.8. The molecule has 1 N–H and O–H groups in total. The molecule has 2 aromatic heterocycles. The number of para-hydroxylation sites is 1. The van der Waals surface area contributed by atoms with Crippen LogP contribution in [-0.2, 0) is 16.0 Å². The molecule has 0 unspecified atom stereocenters. The van der Waals surface area contributed by atoms with Crippen LogP contribution in [0.15, 0.2) is 73.1 Å². The molecule has 4 aromatic rings. The molecule has 9 heteroatoms. The lowest BCUT2D eigenvalue weighted by molar-refractivity contribution is -0.130. The molecule has 0 spiro atoms. The number of thiazole rings is 1. The molecular formula is C26H24N6O2S. The summed E-state index contributed by atoms with van der Waals surface area (Å²) < 4.78 is 1.09. The average molecular weight is 485 g/mol. The molecule has 1 aliphatic heterocycles. The SMILES string of the molecule is O=C(/C=C/c1nc2ccccc2s1)Nc1ccc(CC(=O)N2CCN(c3ncccn3)CC2)cc1. The summed E-state index contributed by atoms with van der Waals surface area (Å²) in [6, 6.07) is 17.1. The minimum absolute atomic E-state index is 0.0918. The fraction of sp³-hybridized carbons (Fsp3) is 0.192. The molecule has 1 aliphatic rings. The van der Waals surface area contributed by atoms with Crippen LogP contribution in [0.4, 0.5) is 11.6 Å². The average Bonchev–Trinajstić information content (AvgIpc) is 3.32. The summed E-state index contributed by atoms with van der Waals surface area (Å²) in [4.78, 5) is 42.1. The van der Waals surface area contributed by atoms with Crippen LogP contribution < -0.4 is 10.2 Å². The third-order valence-corrected chi connectivity index (χ3v) is 6.73. The quantitative estimate of drug-likeness (QED) is 0.420. The minimum Gasteiger partial charge on any atom is -0.339 e. The van der Waals surface area contributed by atoms with E-state index in [0.717, 1.165) is 20.8 Å². The van der Waals surface area contributed by atoms with Crippen LogP contribution in [0.25, 0.3) is 16.3 Å².